The van der Waals surface area contributed by atoms with Crippen LogP contribution < -0.4 is 0 Å². The summed E-state index contributed by atoms with van der Waals surface area (Å²) in [7, 11) is 1.92. The van der Waals surface area contributed by atoms with E-state index in [-0.39, 0.29) is 0 Å². The van der Waals surface area contributed by atoms with Gasteiger partial charge in [0, 0.05) is 37.6 Å². The van der Waals surface area contributed by atoms with Crippen LogP contribution in [-0.4, -0.2) is 28.9 Å². The molecule has 0 saturated heterocycles. The maximum Gasteiger partial charge on any atom is 0.161 e. The summed E-state index contributed by atoms with van der Waals surface area (Å²) in [6.07, 6.45) is 7.62. The Morgan fingerprint density at radius 2 is 2.08 bits per heavy atom. The summed E-state index contributed by atoms with van der Waals surface area (Å²) in [5, 5.41) is 6.25. The molecule has 0 spiro atoms. The Labute approximate surface area is 144 Å². The molecule has 4 rings (SSSR count). The topological polar surface area (TPSA) is 53.5 Å². The van der Waals surface area contributed by atoms with Gasteiger partial charge in [-0.2, -0.15) is 5.10 Å². The molecule has 0 fully saturated rings. The first-order valence-corrected chi connectivity index (χ1v) is 8.18. The van der Waals surface area contributed by atoms with Crippen molar-refractivity contribution >= 4 is 22.5 Å². The molecule has 24 heavy (non-hydrogen) atoms. The summed E-state index contributed by atoms with van der Waals surface area (Å²) >= 11 is 6.42. The third-order valence-electron chi connectivity index (χ3n) is 4.14. The van der Waals surface area contributed by atoms with Crippen LogP contribution in [0.2, 0.25) is 5.02 Å². The second-order valence-electron chi connectivity index (χ2n) is 5.68. The van der Waals surface area contributed by atoms with E-state index < -0.39 is 0 Å². The average molecular weight is 341 g/mol. The van der Waals surface area contributed by atoms with Gasteiger partial charge in [-0.05, 0) is 19.1 Å². The van der Waals surface area contributed by atoms with Crippen LogP contribution in [0.5, 0.6) is 0 Å². The predicted molar refractivity (Wildman–Crippen MR) is 93.9 cm³/mol. The van der Waals surface area contributed by atoms with E-state index in [0.29, 0.717) is 11.6 Å². The number of hydrogen-bond donors (Lipinski definition) is 0. The summed E-state index contributed by atoms with van der Waals surface area (Å²) < 4.78 is 5.94. The van der Waals surface area contributed by atoms with Gasteiger partial charge in [-0.1, -0.05) is 17.7 Å². The fraction of sp³-hybridized carbons (Fsp3) is 0.235. The number of rotatable bonds is 4. The summed E-state index contributed by atoms with van der Waals surface area (Å²) in [4.78, 5) is 8.95. The van der Waals surface area contributed by atoms with Crippen molar-refractivity contribution in [2.45, 2.75) is 20.0 Å². The molecule has 4 aromatic rings. The molecular weight excluding hydrogens is 324 g/mol. The molecule has 0 aliphatic heterocycles. The average Bonchev–Trinajstić information content (AvgIpc) is 3.28. The van der Waals surface area contributed by atoms with Gasteiger partial charge in [0.05, 0.1) is 29.1 Å². The molecule has 0 amide bonds. The zero-order valence-corrected chi connectivity index (χ0v) is 14.3. The number of hydrogen-bond acceptors (Lipinski definition) is 3. The quantitative estimate of drug-likeness (QED) is 0.572. The monoisotopic (exact) mass is 340 g/mol. The minimum absolute atomic E-state index is 0.644. The van der Waals surface area contributed by atoms with Gasteiger partial charge >= 0.3 is 0 Å². The minimum Gasteiger partial charge on any atom is -0.337 e. The molecule has 0 unspecified atom stereocenters. The lowest BCUT2D eigenvalue weighted by Gasteiger charge is -2.05. The van der Waals surface area contributed by atoms with Crippen LogP contribution in [0.3, 0.4) is 0 Å². The molecule has 0 radical (unpaired) electrons. The Balaban J connectivity index is 1.80. The highest BCUT2D eigenvalue weighted by Gasteiger charge is 2.18. The molecule has 122 valence electrons. The molecule has 1 aromatic carbocycles. The SMILES string of the molecule is CCn1cnc(Cn2ccnc2-c2nn(C)c3cccc(Cl)c23)c1. The van der Waals surface area contributed by atoms with Crippen molar-refractivity contribution in [1.29, 1.82) is 0 Å². The van der Waals surface area contributed by atoms with Crippen molar-refractivity contribution in [2.24, 2.45) is 7.05 Å². The molecule has 7 heteroatoms. The number of fused-ring (bicyclic) bond motifs is 1. The van der Waals surface area contributed by atoms with Gasteiger partial charge in [-0.3, -0.25) is 4.68 Å². The second-order valence-corrected chi connectivity index (χ2v) is 6.09. The summed E-state index contributed by atoms with van der Waals surface area (Å²) in [6, 6.07) is 5.82. The highest BCUT2D eigenvalue weighted by Crippen LogP contribution is 2.32. The first kappa shape index (κ1) is 15.0. The Bertz CT molecular complexity index is 1010. The van der Waals surface area contributed by atoms with Crippen molar-refractivity contribution in [3.8, 4) is 11.5 Å². The van der Waals surface area contributed by atoms with Crippen LogP contribution in [0.4, 0.5) is 0 Å². The molecule has 0 saturated carbocycles. The van der Waals surface area contributed by atoms with E-state index in [0.717, 1.165) is 34.7 Å². The summed E-state index contributed by atoms with van der Waals surface area (Å²) in [5.74, 6) is 0.791. The van der Waals surface area contributed by atoms with Gasteiger partial charge in [-0.15, -0.1) is 0 Å². The van der Waals surface area contributed by atoms with E-state index >= 15 is 0 Å². The Kier molecular flexibility index (Phi) is 3.61. The molecule has 3 aromatic heterocycles. The van der Waals surface area contributed by atoms with Crippen LogP contribution in [0.15, 0.2) is 43.1 Å². The van der Waals surface area contributed by atoms with Gasteiger partial charge in [0.15, 0.2) is 5.82 Å². The van der Waals surface area contributed by atoms with Gasteiger partial charge < -0.3 is 9.13 Å². The zero-order chi connectivity index (χ0) is 16.7. The van der Waals surface area contributed by atoms with Gasteiger partial charge in [0.2, 0.25) is 0 Å². The van der Waals surface area contributed by atoms with E-state index in [1.54, 1.807) is 6.20 Å². The maximum atomic E-state index is 6.42. The van der Waals surface area contributed by atoms with E-state index in [4.69, 9.17) is 11.6 Å². The number of aryl methyl sites for hydroxylation is 2. The Morgan fingerprint density at radius 1 is 1.21 bits per heavy atom. The molecule has 6 nitrogen and oxygen atoms in total. The molecule has 0 aliphatic rings. The highest BCUT2D eigenvalue weighted by molar-refractivity contribution is 6.36. The Hall–Kier alpha value is -2.60. The van der Waals surface area contributed by atoms with Gasteiger partial charge in [0.1, 0.15) is 5.69 Å². The van der Waals surface area contributed by atoms with Crippen LogP contribution in [-0.2, 0) is 20.1 Å². The molecule has 0 atom stereocenters. The normalized spacial score (nSPS) is 11.5. The zero-order valence-electron chi connectivity index (χ0n) is 13.5. The summed E-state index contributed by atoms with van der Waals surface area (Å²) in [6.45, 7) is 3.64. The van der Waals surface area contributed by atoms with Gasteiger partial charge in [0.25, 0.3) is 0 Å². The predicted octanol–water partition coefficient (Wildman–Crippen LogP) is 3.35. The number of nitrogens with zero attached hydrogens (tertiary/aromatic N) is 6. The largest absolute Gasteiger partial charge is 0.337 e. The first-order chi connectivity index (χ1) is 11.7. The molecule has 0 aliphatic carbocycles. The van der Waals surface area contributed by atoms with E-state index in [9.17, 15) is 0 Å². The fourth-order valence-corrected chi connectivity index (χ4v) is 3.18. The van der Waals surface area contributed by atoms with Crippen LogP contribution >= 0.6 is 11.6 Å². The number of imidazole rings is 2. The number of benzene rings is 1. The second kappa shape index (κ2) is 5.79. The minimum atomic E-state index is 0.644. The van der Waals surface area contributed by atoms with Crippen LogP contribution in [0, 0.1) is 0 Å². The van der Waals surface area contributed by atoms with E-state index in [1.165, 1.54) is 0 Å². The lowest BCUT2D eigenvalue weighted by molar-refractivity contribution is 0.751. The standard InChI is InChI=1S/C17H17ClN6/c1-3-23-9-12(20-11-23)10-24-8-7-19-17(24)16-15-13(18)5-4-6-14(15)22(2)21-16/h4-9,11H,3,10H2,1-2H3. The van der Waals surface area contributed by atoms with Crippen molar-refractivity contribution < 1.29 is 0 Å². The van der Waals surface area contributed by atoms with Crippen molar-refractivity contribution in [3.05, 3.63) is 53.8 Å². The summed E-state index contributed by atoms with van der Waals surface area (Å²) in [5.41, 5.74) is 2.77. The lowest BCUT2D eigenvalue weighted by atomic mass is 10.2. The first-order valence-electron chi connectivity index (χ1n) is 7.80. The third kappa shape index (κ3) is 2.39. The molecule has 3 heterocycles. The van der Waals surface area contributed by atoms with Crippen molar-refractivity contribution in [3.63, 3.8) is 0 Å². The van der Waals surface area contributed by atoms with Crippen LogP contribution in [0.25, 0.3) is 22.4 Å². The highest BCUT2D eigenvalue weighted by atomic mass is 35.5. The van der Waals surface area contributed by atoms with Gasteiger partial charge in [-0.25, -0.2) is 9.97 Å². The molecule has 0 N–H and O–H groups in total. The molecular formula is C17H17ClN6. The number of halogens is 1. The van der Waals surface area contributed by atoms with Crippen molar-refractivity contribution in [2.75, 3.05) is 0 Å². The lowest BCUT2D eigenvalue weighted by Crippen LogP contribution is -2.02. The smallest absolute Gasteiger partial charge is 0.161 e. The Morgan fingerprint density at radius 3 is 2.88 bits per heavy atom. The number of aromatic nitrogens is 6. The third-order valence-corrected chi connectivity index (χ3v) is 4.45. The van der Waals surface area contributed by atoms with E-state index in [2.05, 4.69) is 26.6 Å². The fourth-order valence-electron chi connectivity index (χ4n) is 2.92. The van der Waals surface area contributed by atoms with Crippen LogP contribution in [0.1, 0.15) is 12.6 Å². The van der Waals surface area contributed by atoms with Crippen molar-refractivity contribution in [1.82, 2.24) is 28.9 Å². The van der Waals surface area contributed by atoms with E-state index in [1.807, 2.05) is 53.2 Å². The molecule has 0 bridgehead atoms. The maximum absolute atomic E-state index is 6.42.